The summed E-state index contributed by atoms with van der Waals surface area (Å²) in [5.41, 5.74) is 0.584. The highest BCUT2D eigenvalue weighted by atomic mass is 79.9. The summed E-state index contributed by atoms with van der Waals surface area (Å²) in [4.78, 5) is 22.3. The van der Waals surface area contributed by atoms with Gasteiger partial charge in [-0.2, -0.15) is 5.10 Å². The second-order valence-corrected chi connectivity index (χ2v) is 5.73. The Bertz CT molecular complexity index is 696. The zero-order valence-electron chi connectivity index (χ0n) is 11.0. The van der Waals surface area contributed by atoms with Crippen LogP contribution in [0.1, 0.15) is 37.8 Å². The number of aliphatic carboxylic acids is 1. The maximum atomic E-state index is 11.8. The Balaban J connectivity index is 2.34. The van der Waals surface area contributed by atoms with Gasteiger partial charge in [-0.15, -0.1) is 0 Å². The molecular formula is C14H15BrN2O3. The van der Waals surface area contributed by atoms with E-state index in [9.17, 15) is 9.59 Å². The summed E-state index contributed by atoms with van der Waals surface area (Å²) >= 11 is 3.39. The van der Waals surface area contributed by atoms with E-state index < -0.39 is 5.97 Å². The summed E-state index contributed by atoms with van der Waals surface area (Å²) in [7, 11) is 0. The van der Waals surface area contributed by atoms with Crippen molar-refractivity contribution in [3.05, 3.63) is 38.7 Å². The molecule has 0 bridgehead atoms. The first-order valence-corrected chi connectivity index (χ1v) is 7.18. The lowest BCUT2D eigenvalue weighted by molar-refractivity contribution is -0.137. The minimum Gasteiger partial charge on any atom is -0.481 e. The molecule has 0 saturated carbocycles. The molecule has 0 radical (unpaired) electrons. The van der Waals surface area contributed by atoms with E-state index in [0.717, 1.165) is 15.6 Å². The Hall–Kier alpha value is -1.69. The molecular weight excluding hydrogens is 324 g/mol. The molecule has 5 nitrogen and oxygen atoms in total. The van der Waals surface area contributed by atoms with Crippen LogP contribution >= 0.6 is 15.9 Å². The molecule has 1 aromatic carbocycles. The molecule has 2 aromatic rings. The molecule has 1 aromatic heterocycles. The van der Waals surface area contributed by atoms with Gasteiger partial charge in [0.15, 0.2) is 0 Å². The van der Waals surface area contributed by atoms with Crippen LogP contribution in [0.3, 0.4) is 0 Å². The number of nitrogens with zero attached hydrogens (tertiary/aromatic N) is 1. The predicted molar refractivity (Wildman–Crippen MR) is 80.0 cm³/mol. The minimum atomic E-state index is -0.792. The van der Waals surface area contributed by atoms with Crippen molar-refractivity contribution in [1.29, 1.82) is 0 Å². The summed E-state index contributed by atoms with van der Waals surface area (Å²) in [6.45, 7) is 1.99. The van der Waals surface area contributed by atoms with E-state index in [0.29, 0.717) is 18.2 Å². The summed E-state index contributed by atoms with van der Waals surface area (Å²) in [6.07, 6.45) is 1.45. The Morgan fingerprint density at radius 3 is 2.90 bits per heavy atom. The number of aromatic nitrogens is 2. The van der Waals surface area contributed by atoms with E-state index in [1.54, 1.807) is 6.07 Å². The van der Waals surface area contributed by atoms with Crippen LogP contribution in [-0.4, -0.2) is 21.3 Å². The van der Waals surface area contributed by atoms with Gasteiger partial charge >= 0.3 is 5.97 Å². The van der Waals surface area contributed by atoms with E-state index in [1.165, 1.54) is 0 Å². The van der Waals surface area contributed by atoms with Crippen molar-refractivity contribution in [3.63, 3.8) is 0 Å². The van der Waals surface area contributed by atoms with Crippen molar-refractivity contribution < 1.29 is 9.90 Å². The van der Waals surface area contributed by atoms with Gasteiger partial charge in [-0.05, 0) is 31.0 Å². The molecule has 0 aliphatic carbocycles. The van der Waals surface area contributed by atoms with Gasteiger partial charge in [-0.3, -0.25) is 9.59 Å². The number of carbonyl (C=O) groups is 1. The average Bonchev–Trinajstić information content (AvgIpc) is 2.38. The molecule has 1 unspecified atom stereocenters. The van der Waals surface area contributed by atoms with E-state index in [2.05, 4.69) is 26.1 Å². The lowest BCUT2D eigenvalue weighted by Gasteiger charge is -2.12. The Morgan fingerprint density at radius 1 is 1.45 bits per heavy atom. The highest BCUT2D eigenvalue weighted by molar-refractivity contribution is 9.10. The molecule has 0 saturated heterocycles. The number of rotatable bonds is 5. The number of nitrogens with one attached hydrogen (secondary N) is 1. The molecule has 106 valence electrons. The van der Waals surface area contributed by atoms with Gasteiger partial charge in [0.05, 0.1) is 11.1 Å². The van der Waals surface area contributed by atoms with Gasteiger partial charge < -0.3 is 5.11 Å². The van der Waals surface area contributed by atoms with Crippen LogP contribution in [0.5, 0.6) is 0 Å². The van der Waals surface area contributed by atoms with Crippen molar-refractivity contribution in [2.75, 3.05) is 0 Å². The number of H-pyrrole nitrogens is 1. The van der Waals surface area contributed by atoms with Gasteiger partial charge in [-0.1, -0.05) is 22.9 Å². The van der Waals surface area contributed by atoms with Gasteiger partial charge in [-0.25, -0.2) is 5.10 Å². The summed E-state index contributed by atoms with van der Waals surface area (Å²) in [5.74, 6) is -0.706. The van der Waals surface area contributed by atoms with Crippen molar-refractivity contribution in [3.8, 4) is 0 Å². The quantitative estimate of drug-likeness (QED) is 0.877. The molecule has 0 spiro atoms. The van der Waals surface area contributed by atoms with Crippen molar-refractivity contribution in [2.24, 2.45) is 0 Å². The fraction of sp³-hybridized carbons (Fsp3) is 0.357. The Kier molecular flexibility index (Phi) is 4.54. The van der Waals surface area contributed by atoms with E-state index in [-0.39, 0.29) is 17.9 Å². The lowest BCUT2D eigenvalue weighted by atomic mass is 9.96. The molecule has 0 aliphatic heterocycles. The fourth-order valence-electron chi connectivity index (χ4n) is 2.23. The number of halogens is 1. The number of aromatic amines is 1. The maximum absolute atomic E-state index is 11.8. The van der Waals surface area contributed by atoms with Crippen LogP contribution in [0.4, 0.5) is 0 Å². The standard InChI is InChI=1S/C14H15BrN2O3/c1-8(3-2-4-12(18)19)13-11-7-9(15)5-6-10(11)14(20)17-16-13/h5-8H,2-4H2,1H3,(H,17,20)(H,18,19). The summed E-state index contributed by atoms with van der Waals surface area (Å²) in [5, 5.41) is 16.7. The summed E-state index contributed by atoms with van der Waals surface area (Å²) < 4.78 is 0.886. The topological polar surface area (TPSA) is 83.0 Å². The van der Waals surface area contributed by atoms with Gasteiger partial charge in [0.2, 0.25) is 0 Å². The van der Waals surface area contributed by atoms with Crippen molar-refractivity contribution in [2.45, 2.75) is 32.1 Å². The number of fused-ring (bicyclic) bond motifs is 1. The highest BCUT2D eigenvalue weighted by Gasteiger charge is 2.14. The Labute approximate surface area is 124 Å². The van der Waals surface area contributed by atoms with Crippen LogP contribution in [0.15, 0.2) is 27.5 Å². The van der Waals surface area contributed by atoms with Crippen LogP contribution in [-0.2, 0) is 4.79 Å². The smallest absolute Gasteiger partial charge is 0.303 e. The molecule has 20 heavy (non-hydrogen) atoms. The highest BCUT2D eigenvalue weighted by Crippen LogP contribution is 2.27. The van der Waals surface area contributed by atoms with Crippen LogP contribution < -0.4 is 5.56 Å². The monoisotopic (exact) mass is 338 g/mol. The first kappa shape index (κ1) is 14.7. The summed E-state index contributed by atoms with van der Waals surface area (Å²) in [6, 6.07) is 5.45. The first-order chi connectivity index (χ1) is 9.49. The van der Waals surface area contributed by atoms with Crippen molar-refractivity contribution in [1.82, 2.24) is 10.2 Å². The molecule has 1 heterocycles. The third-order valence-electron chi connectivity index (χ3n) is 3.27. The molecule has 2 N–H and O–H groups in total. The zero-order chi connectivity index (χ0) is 14.7. The lowest BCUT2D eigenvalue weighted by Crippen LogP contribution is -2.12. The second kappa shape index (κ2) is 6.17. The number of hydrogen-bond acceptors (Lipinski definition) is 3. The number of hydrogen-bond donors (Lipinski definition) is 2. The predicted octanol–water partition coefficient (Wildman–Crippen LogP) is 3.04. The van der Waals surface area contributed by atoms with Gasteiger partial charge in [0, 0.05) is 22.2 Å². The normalized spacial score (nSPS) is 12.5. The van der Waals surface area contributed by atoms with Crippen molar-refractivity contribution >= 4 is 32.7 Å². The number of benzene rings is 1. The molecule has 6 heteroatoms. The SMILES string of the molecule is CC(CCCC(=O)O)c1n[nH]c(=O)c2ccc(Br)cc12. The van der Waals surface area contributed by atoms with Gasteiger partial charge in [0.1, 0.15) is 0 Å². The third kappa shape index (κ3) is 3.25. The number of carboxylic acids is 1. The zero-order valence-corrected chi connectivity index (χ0v) is 12.6. The minimum absolute atomic E-state index is 0.0861. The molecule has 1 atom stereocenters. The fourth-order valence-corrected chi connectivity index (χ4v) is 2.59. The number of carboxylic acid groups (broad SMARTS) is 1. The second-order valence-electron chi connectivity index (χ2n) is 4.81. The molecule has 0 amide bonds. The maximum Gasteiger partial charge on any atom is 0.303 e. The largest absolute Gasteiger partial charge is 0.481 e. The third-order valence-corrected chi connectivity index (χ3v) is 3.77. The van der Waals surface area contributed by atoms with Crippen LogP contribution in [0.25, 0.3) is 10.8 Å². The molecule has 2 rings (SSSR count). The van der Waals surface area contributed by atoms with Crippen LogP contribution in [0, 0.1) is 0 Å². The van der Waals surface area contributed by atoms with E-state index >= 15 is 0 Å². The van der Waals surface area contributed by atoms with Crippen LogP contribution in [0.2, 0.25) is 0 Å². The first-order valence-electron chi connectivity index (χ1n) is 6.38. The average molecular weight is 339 g/mol. The molecule has 0 fully saturated rings. The van der Waals surface area contributed by atoms with E-state index in [4.69, 9.17) is 5.11 Å². The molecule has 0 aliphatic rings. The Morgan fingerprint density at radius 2 is 2.20 bits per heavy atom. The van der Waals surface area contributed by atoms with Gasteiger partial charge in [0.25, 0.3) is 5.56 Å². The van der Waals surface area contributed by atoms with E-state index in [1.807, 2.05) is 19.1 Å².